The molecule has 0 amide bonds. The first kappa shape index (κ1) is 23.0. The van der Waals surface area contributed by atoms with Crippen molar-refractivity contribution in [2.75, 3.05) is 6.54 Å². The summed E-state index contributed by atoms with van der Waals surface area (Å²) in [6.45, 7) is 11.2. The Labute approximate surface area is 213 Å². The van der Waals surface area contributed by atoms with E-state index < -0.39 is 0 Å². The SMILES string of the molecule is CC1=C2C[C@H]3[C@@H](CC[C@@H]4C[C@H](n5ccnn5)CC[C@@]43C)[C@@H]2CC[C@@]2(C1)O[C@@H]1C[C@H](C)CN[C@H]1[C@H]2C.[HH]. The van der Waals surface area contributed by atoms with Crippen LogP contribution in [-0.4, -0.2) is 39.3 Å². The van der Waals surface area contributed by atoms with Crippen molar-refractivity contribution < 1.29 is 6.16 Å². The van der Waals surface area contributed by atoms with Gasteiger partial charge in [-0.15, -0.1) is 5.10 Å². The van der Waals surface area contributed by atoms with Gasteiger partial charge in [0.05, 0.1) is 23.9 Å². The van der Waals surface area contributed by atoms with Crippen molar-refractivity contribution in [1.82, 2.24) is 20.3 Å². The van der Waals surface area contributed by atoms with Crippen LogP contribution in [0.4, 0.5) is 0 Å². The number of piperidine rings is 1. The molecule has 4 aliphatic carbocycles. The molecule has 5 heteroatoms. The summed E-state index contributed by atoms with van der Waals surface area (Å²) in [5.74, 6) is 4.79. The second-order valence-corrected chi connectivity index (χ2v) is 14.0. The number of rotatable bonds is 1. The molecule has 0 unspecified atom stereocenters. The molecule has 6 aliphatic rings. The molecular formula is C30H48N4O. The molecule has 1 spiro atoms. The van der Waals surface area contributed by atoms with E-state index in [9.17, 15) is 0 Å². The Morgan fingerprint density at radius 1 is 1.14 bits per heavy atom. The minimum Gasteiger partial charge on any atom is -0.369 e. The fourth-order valence-corrected chi connectivity index (χ4v) is 10.5. The van der Waals surface area contributed by atoms with Crippen molar-refractivity contribution in [1.29, 1.82) is 0 Å². The number of fused-ring (bicyclic) bond motifs is 6. The van der Waals surface area contributed by atoms with E-state index in [-0.39, 0.29) is 7.03 Å². The van der Waals surface area contributed by atoms with Crippen LogP contribution in [0.3, 0.4) is 0 Å². The maximum atomic E-state index is 7.07. The van der Waals surface area contributed by atoms with Crippen LogP contribution in [0.5, 0.6) is 0 Å². The van der Waals surface area contributed by atoms with Crippen LogP contribution in [0.25, 0.3) is 0 Å². The molecular weight excluding hydrogens is 432 g/mol. The van der Waals surface area contributed by atoms with Crippen LogP contribution in [0.15, 0.2) is 23.5 Å². The van der Waals surface area contributed by atoms with Crippen LogP contribution in [0, 0.1) is 40.9 Å². The van der Waals surface area contributed by atoms with E-state index in [0.29, 0.717) is 29.5 Å². The lowest BCUT2D eigenvalue weighted by Crippen LogP contribution is -2.48. The minimum atomic E-state index is 0. The van der Waals surface area contributed by atoms with E-state index >= 15 is 0 Å². The van der Waals surface area contributed by atoms with Crippen molar-refractivity contribution in [2.45, 2.75) is 116 Å². The third-order valence-electron chi connectivity index (χ3n) is 12.4. The Morgan fingerprint density at radius 3 is 2.86 bits per heavy atom. The van der Waals surface area contributed by atoms with Gasteiger partial charge in [0, 0.05) is 19.6 Å². The van der Waals surface area contributed by atoms with E-state index in [1.165, 1.54) is 64.2 Å². The Balaban J connectivity index is 0.00000240. The van der Waals surface area contributed by atoms with Crippen LogP contribution in [0.1, 0.15) is 99.4 Å². The molecule has 3 saturated carbocycles. The van der Waals surface area contributed by atoms with E-state index in [2.05, 4.69) is 54.2 Å². The predicted molar refractivity (Wildman–Crippen MR) is 140 cm³/mol. The number of nitrogens with one attached hydrogen (secondary N) is 1. The average molecular weight is 481 g/mol. The first-order valence-corrected chi connectivity index (χ1v) is 14.8. The number of allylic oxidation sites excluding steroid dienone is 1. The lowest BCUT2D eigenvalue weighted by atomic mass is 9.52. The third kappa shape index (κ3) is 3.39. The number of hydrogen-bond donors (Lipinski definition) is 1. The first-order chi connectivity index (χ1) is 16.9. The number of ether oxygens (including phenoxy) is 1. The lowest BCUT2D eigenvalue weighted by Gasteiger charge is -2.54. The van der Waals surface area contributed by atoms with Gasteiger partial charge >= 0.3 is 0 Å². The quantitative estimate of drug-likeness (QED) is 0.487. The van der Waals surface area contributed by atoms with Gasteiger partial charge in [-0.2, -0.15) is 0 Å². The Kier molecular flexibility index (Phi) is 5.34. The highest BCUT2D eigenvalue weighted by molar-refractivity contribution is 5.29. The molecule has 1 aromatic heterocycles. The maximum absolute atomic E-state index is 7.07. The number of nitrogens with zero attached hydrogens (tertiary/aromatic N) is 3. The van der Waals surface area contributed by atoms with Crippen LogP contribution in [-0.2, 0) is 4.74 Å². The van der Waals surface area contributed by atoms with Crippen molar-refractivity contribution in [3.8, 4) is 0 Å². The highest BCUT2D eigenvalue weighted by Gasteiger charge is 2.59. The van der Waals surface area contributed by atoms with Gasteiger partial charge in [0.2, 0.25) is 0 Å². The summed E-state index contributed by atoms with van der Waals surface area (Å²) in [5, 5.41) is 12.3. The van der Waals surface area contributed by atoms with Crippen LogP contribution < -0.4 is 5.32 Å². The van der Waals surface area contributed by atoms with Gasteiger partial charge in [-0.05, 0) is 113 Å². The van der Waals surface area contributed by atoms with Gasteiger partial charge in [0.15, 0.2) is 0 Å². The van der Waals surface area contributed by atoms with Gasteiger partial charge in [-0.1, -0.05) is 37.1 Å². The summed E-state index contributed by atoms with van der Waals surface area (Å²) in [5.41, 5.74) is 4.14. The number of hydrogen-bond acceptors (Lipinski definition) is 4. The largest absolute Gasteiger partial charge is 0.369 e. The summed E-state index contributed by atoms with van der Waals surface area (Å²) >= 11 is 0. The number of aromatic nitrogens is 3. The molecule has 11 atom stereocenters. The summed E-state index contributed by atoms with van der Waals surface area (Å²) in [4.78, 5) is 0. The zero-order chi connectivity index (χ0) is 23.9. The van der Waals surface area contributed by atoms with Gasteiger partial charge in [0.25, 0.3) is 0 Å². The molecule has 2 saturated heterocycles. The Morgan fingerprint density at radius 2 is 2.03 bits per heavy atom. The lowest BCUT2D eigenvalue weighted by molar-refractivity contribution is -0.0753. The normalized spacial score (nSPS) is 51.5. The van der Waals surface area contributed by atoms with E-state index in [4.69, 9.17) is 4.74 Å². The predicted octanol–water partition coefficient (Wildman–Crippen LogP) is 6.19. The molecule has 2 aliphatic heterocycles. The summed E-state index contributed by atoms with van der Waals surface area (Å²) in [7, 11) is 0. The van der Waals surface area contributed by atoms with Crippen molar-refractivity contribution in [3.63, 3.8) is 0 Å². The Hall–Kier alpha value is -1.20. The molecule has 35 heavy (non-hydrogen) atoms. The van der Waals surface area contributed by atoms with Gasteiger partial charge in [0.1, 0.15) is 0 Å². The van der Waals surface area contributed by atoms with Crippen molar-refractivity contribution in [3.05, 3.63) is 23.5 Å². The molecule has 3 heterocycles. The fourth-order valence-electron chi connectivity index (χ4n) is 10.5. The second-order valence-electron chi connectivity index (χ2n) is 14.0. The molecule has 1 N–H and O–H groups in total. The van der Waals surface area contributed by atoms with E-state index in [1.54, 1.807) is 5.57 Å². The molecule has 5 nitrogen and oxygen atoms in total. The van der Waals surface area contributed by atoms with Crippen molar-refractivity contribution >= 4 is 0 Å². The van der Waals surface area contributed by atoms with Gasteiger partial charge in [-0.3, -0.25) is 0 Å². The zero-order valence-corrected chi connectivity index (χ0v) is 22.4. The minimum absolute atomic E-state index is 0. The average Bonchev–Trinajstić information content (AvgIpc) is 3.53. The summed E-state index contributed by atoms with van der Waals surface area (Å²) in [6.07, 6.45) is 17.5. The standard InChI is InChI=1S/C30H46N4O.H2/c1-18-13-27-28(31-17-18)20(3)30(35-27)10-8-23-24-6-5-21-14-22(34-12-11-32-33-34)7-9-29(21,4)26(24)15-25(23)19(2)16-30;/h11-12,18,20-24,26-28,31H,5-10,13-17H2,1-4H3;1H/t18-,20+,21+,22+,23-,24-,26-,27+,28-,29-,30-;/m0./s1. The Bertz CT molecular complexity index is 995. The van der Waals surface area contributed by atoms with E-state index in [0.717, 1.165) is 36.1 Å². The highest BCUT2D eigenvalue weighted by Crippen LogP contribution is 2.66. The second kappa shape index (κ2) is 8.15. The maximum Gasteiger partial charge on any atom is 0.0765 e. The third-order valence-corrected chi connectivity index (χ3v) is 12.4. The van der Waals surface area contributed by atoms with Gasteiger partial charge < -0.3 is 10.1 Å². The molecule has 7 rings (SSSR count). The smallest absolute Gasteiger partial charge is 0.0765 e. The molecule has 0 bridgehead atoms. The monoisotopic (exact) mass is 480 g/mol. The first-order valence-electron chi connectivity index (χ1n) is 14.8. The molecule has 194 valence electrons. The van der Waals surface area contributed by atoms with Gasteiger partial charge in [-0.25, -0.2) is 4.68 Å². The molecule has 0 aromatic carbocycles. The van der Waals surface area contributed by atoms with Crippen molar-refractivity contribution in [2.24, 2.45) is 40.9 Å². The molecule has 1 aromatic rings. The fraction of sp³-hybridized carbons (Fsp3) is 0.867. The van der Waals surface area contributed by atoms with E-state index in [1.807, 2.05) is 11.8 Å². The molecule has 5 fully saturated rings. The summed E-state index contributed by atoms with van der Waals surface area (Å²) in [6, 6.07) is 1.12. The van der Waals surface area contributed by atoms with Crippen LogP contribution >= 0.6 is 0 Å². The topological polar surface area (TPSA) is 52.0 Å². The molecule has 0 radical (unpaired) electrons. The highest BCUT2D eigenvalue weighted by atomic mass is 16.5. The summed E-state index contributed by atoms with van der Waals surface area (Å²) < 4.78 is 9.22. The zero-order valence-electron chi connectivity index (χ0n) is 22.4. The van der Waals surface area contributed by atoms with Crippen LogP contribution in [0.2, 0.25) is 0 Å².